The lowest BCUT2D eigenvalue weighted by Crippen LogP contribution is -2.46. The fourth-order valence-electron chi connectivity index (χ4n) is 4.01. The molecular weight excluding hydrogens is 360 g/mol. The van der Waals surface area contributed by atoms with E-state index in [0.29, 0.717) is 31.7 Å². The van der Waals surface area contributed by atoms with Crippen molar-refractivity contribution in [1.29, 1.82) is 0 Å². The molecule has 1 heterocycles. The maximum absolute atomic E-state index is 14.2. The topological polar surface area (TPSA) is 32.7 Å². The normalized spacial score (nSPS) is 20.1. The summed E-state index contributed by atoms with van der Waals surface area (Å²) in [6.07, 6.45) is 3.83. The fourth-order valence-corrected chi connectivity index (χ4v) is 4.01. The molecule has 3 rings (SSSR count). The van der Waals surface area contributed by atoms with Crippen molar-refractivity contribution in [2.24, 2.45) is 5.41 Å². The standard InChI is InChI=1S/C23H27F2NO2/c1-2-12-28-22-7-4-3-6-19(22)15-26-11-5-10-23(16-26,17-27)14-18-8-9-20(24)13-21(18)25/h2-4,6-9,13,27H,1,5,10-12,14-17H2/t23-/m0/s1. The molecule has 0 aliphatic carbocycles. The monoisotopic (exact) mass is 387 g/mol. The van der Waals surface area contributed by atoms with Gasteiger partial charge in [0.25, 0.3) is 0 Å². The SMILES string of the molecule is C=CCOc1ccccc1CN1CCC[C@](CO)(Cc2ccc(F)cc2F)C1. The van der Waals surface area contributed by atoms with E-state index in [2.05, 4.69) is 11.5 Å². The molecule has 5 heteroatoms. The Bertz CT molecular complexity index is 811. The molecule has 2 aromatic rings. The highest BCUT2D eigenvalue weighted by Crippen LogP contribution is 2.35. The van der Waals surface area contributed by atoms with Gasteiger partial charge in [-0.2, -0.15) is 0 Å². The van der Waals surface area contributed by atoms with Crippen LogP contribution in [0.5, 0.6) is 5.75 Å². The maximum Gasteiger partial charge on any atom is 0.129 e. The summed E-state index contributed by atoms with van der Waals surface area (Å²) in [4.78, 5) is 2.28. The number of nitrogens with zero attached hydrogens (tertiary/aromatic N) is 1. The zero-order valence-electron chi connectivity index (χ0n) is 16.0. The largest absolute Gasteiger partial charge is 0.489 e. The molecule has 3 nitrogen and oxygen atoms in total. The molecule has 1 aliphatic heterocycles. The van der Waals surface area contributed by atoms with Crippen LogP contribution < -0.4 is 4.74 Å². The average Bonchev–Trinajstić information content (AvgIpc) is 2.70. The molecule has 1 aliphatic rings. The molecule has 0 saturated carbocycles. The van der Waals surface area contributed by atoms with Gasteiger partial charge in [-0.1, -0.05) is 36.9 Å². The Morgan fingerprint density at radius 1 is 1.18 bits per heavy atom. The maximum atomic E-state index is 14.2. The molecule has 0 radical (unpaired) electrons. The van der Waals surface area contributed by atoms with Crippen LogP contribution in [-0.4, -0.2) is 36.3 Å². The van der Waals surface area contributed by atoms with Crippen LogP contribution in [0.1, 0.15) is 24.0 Å². The van der Waals surface area contributed by atoms with Gasteiger partial charge in [0.1, 0.15) is 24.0 Å². The van der Waals surface area contributed by atoms with Gasteiger partial charge < -0.3 is 9.84 Å². The van der Waals surface area contributed by atoms with Gasteiger partial charge in [0.2, 0.25) is 0 Å². The van der Waals surface area contributed by atoms with Crippen molar-refractivity contribution in [1.82, 2.24) is 4.90 Å². The van der Waals surface area contributed by atoms with Gasteiger partial charge in [-0.25, -0.2) is 8.78 Å². The first-order valence-electron chi connectivity index (χ1n) is 9.64. The number of likely N-dealkylation sites (tertiary alicyclic amines) is 1. The van der Waals surface area contributed by atoms with Crippen molar-refractivity contribution in [3.63, 3.8) is 0 Å². The number of aliphatic hydroxyl groups excluding tert-OH is 1. The van der Waals surface area contributed by atoms with Gasteiger partial charge in [-0.05, 0) is 43.5 Å². The van der Waals surface area contributed by atoms with Crippen molar-refractivity contribution in [3.8, 4) is 5.75 Å². The van der Waals surface area contributed by atoms with E-state index >= 15 is 0 Å². The van der Waals surface area contributed by atoms with E-state index in [1.165, 1.54) is 12.1 Å². The number of ether oxygens (including phenoxy) is 1. The third-order valence-corrected chi connectivity index (χ3v) is 5.38. The smallest absolute Gasteiger partial charge is 0.129 e. The summed E-state index contributed by atoms with van der Waals surface area (Å²) < 4.78 is 33.1. The first kappa shape index (κ1) is 20.5. The van der Waals surface area contributed by atoms with Gasteiger partial charge >= 0.3 is 0 Å². The Morgan fingerprint density at radius 2 is 2.00 bits per heavy atom. The van der Waals surface area contributed by atoms with Gasteiger partial charge in [0.05, 0.1) is 6.61 Å². The van der Waals surface area contributed by atoms with Gasteiger partial charge in [0.15, 0.2) is 0 Å². The summed E-state index contributed by atoms with van der Waals surface area (Å²) in [6, 6.07) is 11.6. The highest BCUT2D eigenvalue weighted by atomic mass is 19.1. The third kappa shape index (κ3) is 4.97. The van der Waals surface area contributed by atoms with E-state index in [1.807, 2.05) is 24.3 Å². The van der Waals surface area contributed by atoms with Crippen molar-refractivity contribution in [3.05, 3.63) is 77.9 Å². The quantitative estimate of drug-likeness (QED) is 0.684. The molecule has 0 bridgehead atoms. The summed E-state index contributed by atoms with van der Waals surface area (Å²) >= 11 is 0. The van der Waals surface area contributed by atoms with E-state index in [-0.39, 0.29) is 6.61 Å². The number of benzene rings is 2. The van der Waals surface area contributed by atoms with Gasteiger partial charge in [0, 0.05) is 30.1 Å². The fraction of sp³-hybridized carbons (Fsp3) is 0.391. The molecular formula is C23H27F2NO2. The van der Waals surface area contributed by atoms with Crippen LogP contribution in [0.2, 0.25) is 0 Å². The van der Waals surface area contributed by atoms with E-state index < -0.39 is 17.0 Å². The van der Waals surface area contributed by atoms with Gasteiger partial charge in [-0.3, -0.25) is 4.90 Å². The molecule has 0 unspecified atom stereocenters. The molecule has 2 aromatic carbocycles. The molecule has 1 atom stereocenters. The van der Waals surface area contributed by atoms with Crippen LogP contribution >= 0.6 is 0 Å². The average molecular weight is 387 g/mol. The lowest BCUT2D eigenvalue weighted by molar-refractivity contribution is 0.0279. The molecule has 0 spiro atoms. The highest BCUT2D eigenvalue weighted by Gasteiger charge is 2.36. The molecule has 150 valence electrons. The van der Waals surface area contributed by atoms with Crippen LogP contribution in [0, 0.1) is 17.0 Å². The third-order valence-electron chi connectivity index (χ3n) is 5.38. The first-order valence-corrected chi connectivity index (χ1v) is 9.64. The predicted molar refractivity (Wildman–Crippen MR) is 106 cm³/mol. The molecule has 1 saturated heterocycles. The Labute approximate surface area is 165 Å². The van der Waals surface area contributed by atoms with Crippen LogP contribution in [-0.2, 0) is 13.0 Å². The minimum Gasteiger partial charge on any atom is -0.489 e. The number of hydrogen-bond donors (Lipinski definition) is 1. The molecule has 28 heavy (non-hydrogen) atoms. The second-order valence-corrected chi connectivity index (χ2v) is 7.59. The molecule has 1 N–H and O–H groups in total. The minimum atomic E-state index is -0.583. The number of piperidine rings is 1. The van der Waals surface area contributed by atoms with Crippen molar-refractivity contribution < 1.29 is 18.6 Å². The van der Waals surface area contributed by atoms with E-state index in [0.717, 1.165) is 36.8 Å². The molecule has 0 amide bonds. The number of halogens is 2. The van der Waals surface area contributed by atoms with Crippen molar-refractivity contribution in [2.45, 2.75) is 25.8 Å². The molecule has 1 fully saturated rings. The minimum absolute atomic E-state index is 0.0328. The van der Waals surface area contributed by atoms with Crippen molar-refractivity contribution in [2.75, 3.05) is 26.3 Å². The summed E-state index contributed by atoms with van der Waals surface area (Å²) in [5, 5.41) is 10.1. The summed E-state index contributed by atoms with van der Waals surface area (Å²) in [5.74, 6) is -0.305. The summed E-state index contributed by atoms with van der Waals surface area (Å²) in [6.45, 7) is 6.35. The van der Waals surface area contributed by atoms with Crippen LogP contribution in [0.15, 0.2) is 55.1 Å². The van der Waals surface area contributed by atoms with Crippen LogP contribution in [0.25, 0.3) is 0 Å². The zero-order valence-corrected chi connectivity index (χ0v) is 16.0. The van der Waals surface area contributed by atoms with Crippen LogP contribution in [0.3, 0.4) is 0 Å². The Kier molecular flexibility index (Phi) is 6.81. The predicted octanol–water partition coefficient (Wildman–Crippen LogP) is 4.35. The van der Waals surface area contributed by atoms with E-state index in [9.17, 15) is 13.9 Å². The summed E-state index contributed by atoms with van der Waals surface area (Å²) in [7, 11) is 0. The number of hydrogen-bond acceptors (Lipinski definition) is 3. The van der Waals surface area contributed by atoms with Crippen LogP contribution in [0.4, 0.5) is 8.78 Å². The first-order chi connectivity index (χ1) is 13.5. The zero-order chi connectivity index (χ0) is 20.0. The second kappa shape index (κ2) is 9.30. The number of rotatable bonds is 8. The van der Waals surface area contributed by atoms with E-state index in [4.69, 9.17) is 4.74 Å². The Hall–Kier alpha value is -2.24. The lowest BCUT2D eigenvalue weighted by atomic mass is 9.75. The molecule has 0 aromatic heterocycles. The summed E-state index contributed by atoms with van der Waals surface area (Å²) in [5.41, 5.74) is 1.09. The lowest BCUT2D eigenvalue weighted by Gasteiger charge is -2.42. The number of aliphatic hydroxyl groups is 1. The van der Waals surface area contributed by atoms with E-state index in [1.54, 1.807) is 6.08 Å². The highest BCUT2D eigenvalue weighted by molar-refractivity contribution is 5.33. The Morgan fingerprint density at radius 3 is 2.75 bits per heavy atom. The Balaban J connectivity index is 1.74. The second-order valence-electron chi connectivity index (χ2n) is 7.59. The van der Waals surface area contributed by atoms with Gasteiger partial charge in [-0.15, -0.1) is 0 Å². The van der Waals surface area contributed by atoms with Crippen molar-refractivity contribution >= 4 is 0 Å². The number of para-hydroxylation sites is 1.